The molecular weight excluding hydrogens is 371 g/mol. The predicted octanol–water partition coefficient (Wildman–Crippen LogP) is 3.28. The van der Waals surface area contributed by atoms with Crippen molar-refractivity contribution < 1.29 is 13.9 Å². The minimum absolute atomic E-state index is 0.121. The van der Waals surface area contributed by atoms with Gasteiger partial charge in [-0.15, -0.1) is 0 Å². The van der Waals surface area contributed by atoms with Gasteiger partial charge in [0.25, 0.3) is 0 Å². The van der Waals surface area contributed by atoms with Gasteiger partial charge in [-0.25, -0.2) is 4.39 Å². The van der Waals surface area contributed by atoms with Crippen LogP contribution in [-0.2, 0) is 18.4 Å². The molecule has 1 aromatic heterocycles. The summed E-state index contributed by atoms with van der Waals surface area (Å²) in [7, 11) is 3.56. The van der Waals surface area contributed by atoms with Gasteiger partial charge < -0.3 is 15.4 Å². The van der Waals surface area contributed by atoms with E-state index in [-0.39, 0.29) is 17.8 Å². The van der Waals surface area contributed by atoms with Crippen molar-refractivity contribution in [2.75, 3.05) is 7.05 Å². The van der Waals surface area contributed by atoms with Gasteiger partial charge in [0, 0.05) is 18.8 Å². The minimum atomic E-state index is -0.468. The highest BCUT2D eigenvalue weighted by molar-refractivity contribution is 5.83. The minimum Gasteiger partial charge on any atom is -0.489 e. The van der Waals surface area contributed by atoms with E-state index in [0.29, 0.717) is 12.4 Å². The van der Waals surface area contributed by atoms with E-state index in [4.69, 9.17) is 4.74 Å². The van der Waals surface area contributed by atoms with Crippen LogP contribution in [0.2, 0.25) is 0 Å². The van der Waals surface area contributed by atoms with Gasteiger partial charge in [0.2, 0.25) is 5.91 Å². The van der Waals surface area contributed by atoms with Crippen molar-refractivity contribution in [3.8, 4) is 5.75 Å². The first-order valence-corrected chi connectivity index (χ1v) is 9.39. The fourth-order valence-electron chi connectivity index (χ4n) is 3.02. The normalized spacial score (nSPS) is 13.0. The van der Waals surface area contributed by atoms with Crippen molar-refractivity contribution in [2.45, 2.75) is 25.6 Å². The third-order valence-electron chi connectivity index (χ3n) is 4.67. The Balaban J connectivity index is 1.57. The molecule has 2 atom stereocenters. The standard InChI is InChI=1S/C22H25FN4O2/c1-15(26-22(28)21(24-2)18-12-25-27(3)13-18)17-6-10-20(11-7-17)29-14-16-4-8-19(23)9-5-16/h4-13,15,21,24H,14H2,1-3H3,(H,26,28). The molecule has 3 aromatic rings. The molecule has 3 rings (SSSR count). The van der Waals surface area contributed by atoms with Gasteiger partial charge in [-0.2, -0.15) is 5.10 Å². The number of hydrogen-bond acceptors (Lipinski definition) is 4. The zero-order valence-corrected chi connectivity index (χ0v) is 16.7. The van der Waals surface area contributed by atoms with Crippen LogP contribution in [0, 0.1) is 5.82 Å². The maximum Gasteiger partial charge on any atom is 0.242 e. The number of ether oxygens (including phenoxy) is 1. The number of amides is 1. The van der Waals surface area contributed by atoms with Crippen LogP contribution in [0.25, 0.3) is 0 Å². The lowest BCUT2D eigenvalue weighted by Gasteiger charge is -2.19. The summed E-state index contributed by atoms with van der Waals surface area (Å²) in [5, 5.41) is 10.2. The summed E-state index contributed by atoms with van der Waals surface area (Å²) in [5.41, 5.74) is 2.67. The summed E-state index contributed by atoms with van der Waals surface area (Å²) in [6.45, 7) is 2.29. The van der Waals surface area contributed by atoms with Crippen molar-refractivity contribution in [2.24, 2.45) is 7.05 Å². The number of likely N-dealkylation sites (N-methyl/N-ethyl adjacent to an activating group) is 1. The van der Waals surface area contributed by atoms with Crippen LogP contribution in [0.3, 0.4) is 0 Å². The first-order chi connectivity index (χ1) is 14.0. The Morgan fingerprint density at radius 2 is 1.83 bits per heavy atom. The van der Waals surface area contributed by atoms with Crippen LogP contribution >= 0.6 is 0 Å². The van der Waals surface area contributed by atoms with Crippen molar-refractivity contribution in [3.63, 3.8) is 0 Å². The van der Waals surface area contributed by atoms with Crippen molar-refractivity contribution in [3.05, 3.63) is 83.4 Å². The third-order valence-corrected chi connectivity index (χ3v) is 4.67. The third kappa shape index (κ3) is 5.42. The molecule has 7 heteroatoms. The van der Waals surface area contributed by atoms with Gasteiger partial charge in [-0.1, -0.05) is 24.3 Å². The molecule has 1 heterocycles. The molecule has 1 amide bonds. The number of halogens is 1. The van der Waals surface area contributed by atoms with Crippen LogP contribution in [0.1, 0.15) is 35.7 Å². The molecule has 0 aliphatic rings. The van der Waals surface area contributed by atoms with Gasteiger partial charge >= 0.3 is 0 Å². The molecular formula is C22H25FN4O2. The number of benzene rings is 2. The monoisotopic (exact) mass is 396 g/mol. The first kappa shape index (κ1) is 20.5. The van der Waals surface area contributed by atoms with Crippen LogP contribution in [0.4, 0.5) is 4.39 Å². The lowest BCUT2D eigenvalue weighted by atomic mass is 10.1. The highest BCUT2D eigenvalue weighted by atomic mass is 19.1. The average Bonchev–Trinajstić information content (AvgIpc) is 3.14. The fourth-order valence-corrected chi connectivity index (χ4v) is 3.02. The van der Waals surface area contributed by atoms with Gasteiger partial charge in [-0.05, 0) is 49.4 Å². The van der Waals surface area contributed by atoms with E-state index in [1.165, 1.54) is 12.1 Å². The lowest BCUT2D eigenvalue weighted by molar-refractivity contribution is -0.123. The summed E-state index contributed by atoms with van der Waals surface area (Å²) in [6.07, 6.45) is 3.50. The molecule has 6 nitrogen and oxygen atoms in total. The highest BCUT2D eigenvalue weighted by Crippen LogP contribution is 2.20. The number of rotatable bonds is 8. The number of aryl methyl sites for hydroxylation is 1. The molecule has 152 valence electrons. The Labute approximate surface area is 169 Å². The molecule has 29 heavy (non-hydrogen) atoms. The zero-order chi connectivity index (χ0) is 20.8. The van der Waals surface area contributed by atoms with Gasteiger partial charge in [0.1, 0.15) is 24.2 Å². The molecule has 0 bridgehead atoms. The molecule has 0 aliphatic carbocycles. The summed E-state index contributed by atoms with van der Waals surface area (Å²) in [6, 6.07) is 13.1. The Bertz CT molecular complexity index is 938. The highest BCUT2D eigenvalue weighted by Gasteiger charge is 2.22. The van der Waals surface area contributed by atoms with E-state index >= 15 is 0 Å². The first-order valence-electron chi connectivity index (χ1n) is 9.39. The summed E-state index contributed by atoms with van der Waals surface area (Å²) in [5.74, 6) is 0.322. The van der Waals surface area contributed by atoms with E-state index in [1.807, 2.05) is 44.4 Å². The Morgan fingerprint density at radius 1 is 1.14 bits per heavy atom. The largest absolute Gasteiger partial charge is 0.489 e. The number of nitrogens with zero attached hydrogens (tertiary/aromatic N) is 2. The topological polar surface area (TPSA) is 68.2 Å². The van der Waals surface area contributed by atoms with Crippen LogP contribution < -0.4 is 15.4 Å². The second-order valence-corrected chi connectivity index (χ2v) is 6.88. The van der Waals surface area contributed by atoms with E-state index in [0.717, 1.165) is 16.7 Å². The number of nitrogens with one attached hydrogen (secondary N) is 2. The average molecular weight is 396 g/mol. The molecule has 0 aliphatic heterocycles. The van der Waals surface area contributed by atoms with Gasteiger partial charge in [-0.3, -0.25) is 9.48 Å². The van der Waals surface area contributed by atoms with Gasteiger partial charge in [0.05, 0.1) is 12.2 Å². The summed E-state index contributed by atoms with van der Waals surface area (Å²) in [4.78, 5) is 12.7. The van der Waals surface area contributed by atoms with Crippen molar-refractivity contribution >= 4 is 5.91 Å². The zero-order valence-electron chi connectivity index (χ0n) is 16.7. The molecule has 2 unspecified atom stereocenters. The maximum absolute atomic E-state index is 13.0. The van der Waals surface area contributed by atoms with E-state index in [1.54, 1.807) is 30.1 Å². The smallest absolute Gasteiger partial charge is 0.242 e. The van der Waals surface area contributed by atoms with E-state index < -0.39 is 6.04 Å². The number of carbonyl (C=O) groups is 1. The second kappa shape index (κ2) is 9.34. The SMILES string of the molecule is CNC(C(=O)NC(C)c1ccc(OCc2ccc(F)cc2)cc1)c1cnn(C)c1. The van der Waals surface area contributed by atoms with Crippen molar-refractivity contribution in [1.29, 1.82) is 0 Å². The number of hydrogen-bond donors (Lipinski definition) is 2. The van der Waals surface area contributed by atoms with Crippen LogP contribution in [0.15, 0.2) is 60.9 Å². The van der Waals surface area contributed by atoms with Crippen LogP contribution in [-0.4, -0.2) is 22.7 Å². The Morgan fingerprint density at radius 3 is 2.41 bits per heavy atom. The van der Waals surface area contributed by atoms with Crippen LogP contribution in [0.5, 0.6) is 5.75 Å². The van der Waals surface area contributed by atoms with Gasteiger partial charge in [0.15, 0.2) is 0 Å². The quantitative estimate of drug-likeness (QED) is 0.613. The summed E-state index contributed by atoms with van der Waals surface area (Å²) < 4.78 is 20.4. The van der Waals surface area contributed by atoms with E-state index in [2.05, 4.69) is 15.7 Å². The molecule has 2 N–H and O–H groups in total. The Hall–Kier alpha value is -3.19. The molecule has 0 saturated carbocycles. The molecule has 0 spiro atoms. The number of carbonyl (C=O) groups excluding carboxylic acids is 1. The lowest BCUT2D eigenvalue weighted by Crippen LogP contribution is -2.37. The van der Waals surface area contributed by atoms with Crippen molar-refractivity contribution in [1.82, 2.24) is 20.4 Å². The van der Waals surface area contributed by atoms with E-state index in [9.17, 15) is 9.18 Å². The molecule has 2 aromatic carbocycles. The summed E-state index contributed by atoms with van der Waals surface area (Å²) >= 11 is 0. The fraction of sp³-hybridized carbons (Fsp3) is 0.273. The Kier molecular flexibility index (Phi) is 6.61. The second-order valence-electron chi connectivity index (χ2n) is 6.88. The number of aromatic nitrogens is 2. The predicted molar refractivity (Wildman–Crippen MR) is 109 cm³/mol. The molecule has 0 saturated heterocycles. The maximum atomic E-state index is 13.0. The molecule has 0 radical (unpaired) electrons. The molecule has 0 fully saturated rings.